The first-order valence-electron chi connectivity index (χ1n) is 14.8. The van der Waals surface area contributed by atoms with Gasteiger partial charge in [0.2, 0.25) is 0 Å². The predicted octanol–water partition coefficient (Wildman–Crippen LogP) is 5.56. The van der Waals surface area contributed by atoms with Crippen molar-refractivity contribution in [2.75, 3.05) is 38.6 Å². The van der Waals surface area contributed by atoms with E-state index in [4.69, 9.17) is 0 Å². The van der Waals surface area contributed by atoms with Crippen LogP contribution in [0.15, 0.2) is 66.7 Å². The zero-order chi connectivity index (χ0) is 30.2. The van der Waals surface area contributed by atoms with Gasteiger partial charge in [-0.05, 0) is 93.1 Å². The van der Waals surface area contributed by atoms with Crippen LogP contribution >= 0.6 is 0 Å². The summed E-state index contributed by atoms with van der Waals surface area (Å²) >= 11 is 0. The van der Waals surface area contributed by atoms with E-state index in [2.05, 4.69) is 34.2 Å². The number of hydrogen-bond acceptors (Lipinski definition) is 5. The Kier molecular flexibility index (Phi) is 10.4. The average molecular weight is 566 g/mol. The predicted molar refractivity (Wildman–Crippen MR) is 169 cm³/mol. The number of piperidine rings is 1. The number of carbonyl (C=O) groups is 2. The van der Waals surface area contributed by atoms with E-state index in [1.54, 1.807) is 19.0 Å². The number of rotatable bonds is 10. The van der Waals surface area contributed by atoms with Gasteiger partial charge in [0.1, 0.15) is 0 Å². The second kappa shape index (κ2) is 14.2. The molecule has 2 amide bonds. The molecular formula is C35H43N5O2. The fraction of sp³-hybridized carbons (Fsp3) is 0.400. The molecule has 0 radical (unpaired) electrons. The maximum absolute atomic E-state index is 12.8. The van der Waals surface area contributed by atoms with Crippen molar-refractivity contribution >= 4 is 17.5 Å². The number of nitrogens with zero attached hydrogens (tertiary/aromatic N) is 4. The monoisotopic (exact) mass is 565 g/mol. The highest BCUT2D eigenvalue weighted by molar-refractivity contribution is 5.97. The fourth-order valence-corrected chi connectivity index (χ4v) is 5.90. The molecule has 1 fully saturated rings. The third-order valence-electron chi connectivity index (χ3n) is 8.38. The van der Waals surface area contributed by atoms with Crippen LogP contribution in [0.1, 0.15) is 69.2 Å². The lowest BCUT2D eigenvalue weighted by atomic mass is 9.98. The van der Waals surface area contributed by atoms with E-state index in [1.807, 2.05) is 74.5 Å². The summed E-state index contributed by atoms with van der Waals surface area (Å²) in [5.74, 6) is -0.00624. The Hall–Kier alpha value is -4.15. The summed E-state index contributed by atoms with van der Waals surface area (Å²) in [4.78, 5) is 31.8. The summed E-state index contributed by atoms with van der Waals surface area (Å²) in [6.07, 6.45) is 2.91. The van der Waals surface area contributed by atoms with Crippen molar-refractivity contribution in [1.82, 2.24) is 15.1 Å². The van der Waals surface area contributed by atoms with E-state index >= 15 is 0 Å². The molecular weight excluding hydrogens is 522 g/mol. The number of aryl methyl sites for hydroxylation is 2. The molecule has 3 aromatic carbocycles. The third-order valence-corrected chi connectivity index (χ3v) is 8.38. The molecule has 1 aliphatic heterocycles. The highest BCUT2D eigenvalue weighted by Gasteiger charge is 2.27. The quantitative estimate of drug-likeness (QED) is 0.348. The molecule has 3 aromatic rings. The Labute approximate surface area is 250 Å². The van der Waals surface area contributed by atoms with E-state index in [0.717, 1.165) is 60.3 Å². The lowest BCUT2D eigenvalue weighted by Crippen LogP contribution is -2.48. The van der Waals surface area contributed by atoms with E-state index in [9.17, 15) is 14.9 Å². The average Bonchev–Trinajstić information content (AvgIpc) is 2.99. The van der Waals surface area contributed by atoms with E-state index < -0.39 is 0 Å². The second-order valence-corrected chi connectivity index (χ2v) is 11.6. The van der Waals surface area contributed by atoms with Crippen LogP contribution in [0, 0.1) is 25.2 Å². The molecule has 7 heteroatoms. The number of likely N-dealkylation sites (tertiary alicyclic amines) is 1. The van der Waals surface area contributed by atoms with Crippen molar-refractivity contribution in [3.8, 4) is 6.07 Å². The zero-order valence-electron chi connectivity index (χ0n) is 25.6. The number of nitriles is 1. The van der Waals surface area contributed by atoms with E-state index in [0.29, 0.717) is 36.3 Å². The lowest BCUT2D eigenvalue weighted by Gasteiger charge is -2.42. The number of amides is 2. The third kappa shape index (κ3) is 7.57. The van der Waals surface area contributed by atoms with Gasteiger partial charge < -0.3 is 20.0 Å². The molecule has 0 aliphatic carbocycles. The topological polar surface area (TPSA) is 79.7 Å². The first-order chi connectivity index (χ1) is 20.2. The Morgan fingerprint density at radius 2 is 1.64 bits per heavy atom. The molecule has 220 valence electrons. The smallest absolute Gasteiger partial charge is 0.253 e. The van der Waals surface area contributed by atoms with Crippen molar-refractivity contribution in [1.29, 1.82) is 5.26 Å². The van der Waals surface area contributed by atoms with E-state index in [-0.39, 0.29) is 11.8 Å². The minimum atomic E-state index is -0.0117. The fourth-order valence-electron chi connectivity index (χ4n) is 5.90. The maximum atomic E-state index is 12.8. The molecule has 42 heavy (non-hydrogen) atoms. The zero-order valence-corrected chi connectivity index (χ0v) is 25.6. The number of nitrogens with one attached hydrogen (secondary N) is 1. The highest BCUT2D eigenvalue weighted by Crippen LogP contribution is 2.28. The molecule has 0 bridgehead atoms. The molecule has 0 aromatic heterocycles. The molecule has 1 heterocycles. The molecule has 4 rings (SSSR count). The normalized spacial score (nSPS) is 14.6. The van der Waals surface area contributed by atoms with Crippen LogP contribution in [0.5, 0.6) is 0 Å². The lowest BCUT2D eigenvalue weighted by molar-refractivity contribution is 0.0827. The first kappa shape index (κ1) is 30.8. The first-order valence-corrected chi connectivity index (χ1v) is 14.8. The summed E-state index contributed by atoms with van der Waals surface area (Å²) in [6.45, 7) is 9.50. The van der Waals surface area contributed by atoms with Gasteiger partial charge in [0.05, 0.1) is 11.6 Å². The Balaban J connectivity index is 1.39. The summed E-state index contributed by atoms with van der Waals surface area (Å²) < 4.78 is 0. The van der Waals surface area contributed by atoms with Crippen molar-refractivity contribution in [3.63, 3.8) is 0 Å². The number of benzene rings is 3. The Bertz CT molecular complexity index is 1400. The van der Waals surface area contributed by atoms with Crippen molar-refractivity contribution in [2.24, 2.45) is 0 Å². The highest BCUT2D eigenvalue weighted by atomic mass is 16.2. The summed E-state index contributed by atoms with van der Waals surface area (Å²) in [5.41, 5.74) is 6.30. The van der Waals surface area contributed by atoms with Gasteiger partial charge in [-0.25, -0.2) is 0 Å². The minimum absolute atomic E-state index is 0.00548. The van der Waals surface area contributed by atoms with Gasteiger partial charge in [0.15, 0.2) is 0 Å². The van der Waals surface area contributed by atoms with Gasteiger partial charge in [-0.1, -0.05) is 30.3 Å². The molecule has 1 aliphatic rings. The molecule has 0 saturated carbocycles. The minimum Gasteiger partial charge on any atom is -0.364 e. The largest absolute Gasteiger partial charge is 0.364 e. The van der Waals surface area contributed by atoms with Gasteiger partial charge >= 0.3 is 0 Å². The van der Waals surface area contributed by atoms with Crippen LogP contribution in [0.3, 0.4) is 0 Å². The van der Waals surface area contributed by atoms with Crippen LogP contribution in [0.4, 0.5) is 5.69 Å². The molecule has 1 atom stereocenters. The summed E-state index contributed by atoms with van der Waals surface area (Å²) in [6, 6.07) is 24.6. The van der Waals surface area contributed by atoms with E-state index in [1.165, 1.54) is 0 Å². The van der Waals surface area contributed by atoms with Gasteiger partial charge in [-0.2, -0.15) is 5.26 Å². The van der Waals surface area contributed by atoms with Gasteiger partial charge in [-0.15, -0.1) is 0 Å². The molecule has 0 spiro atoms. The second-order valence-electron chi connectivity index (χ2n) is 11.6. The molecule has 1 N–H and O–H groups in total. The van der Waals surface area contributed by atoms with Crippen LogP contribution in [0.25, 0.3) is 0 Å². The summed E-state index contributed by atoms with van der Waals surface area (Å²) in [7, 11) is 3.52. The van der Waals surface area contributed by atoms with Crippen LogP contribution in [0.2, 0.25) is 0 Å². The van der Waals surface area contributed by atoms with Crippen molar-refractivity contribution in [2.45, 2.75) is 58.7 Å². The molecule has 7 nitrogen and oxygen atoms in total. The van der Waals surface area contributed by atoms with Crippen LogP contribution in [-0.2, 0) is 6.54 Å². The van der Waals surface area contributed by atoms with Crippen LogP contribution in [-0.4, -0.2) is 67.4 Å². The van der Waals surface area contributed by atoms with Gasteiger partial charge in [-0.3, -0.25) is 9.59 Å². The van der Waals surface area contributed by atoms with Crippen molar-refractivity contribution < 1.29 is 9.59 Å². The maximum Gasteiger partial charge on any atom is 0.253 e. The number of anilines is 1. The van der Waals surface area contributed by atoms with Crippen LogP contribution < -0.4 is 10.2 Å². The standard InChI is InChI=1S/C35H43N5O2/c1-25-8-6-9-26(2)33(25)34(41)37-19-16-27(3)39-20-17-32(18-21-39)40(24-29-11-7-10-28(22-29)23-36)31-14-12-30(13-15-31)35(42)38(4)5/h6-15,22,27,32H,16-21,24H2,1-5H3,(H,37,41). The van der Waals surface area contributed by atoms with Crippen molar-refractivity contribution in [3.05, 3.63) is 100 Å². The number of hydrogen-bond donors (Lipinski definition) is 1. The summed E-state index contributed by atoms with van der Waals surface area (Å²) in [5, 5.41) is 12.5. The van der Waals surface area contributed by atoms with Gasteiger partial charge in [0.25, 0.3) is 11.8 Å². The Morgan fingerprint density at radius 3 is 2.26 bits per heavy atom. The molecule has 1 saturated heterocycles. The number of carbonyl (C=O) groups excluding carboxylic acids is 2. The molecule has 1 unspecified atom stereocenters. The van der Waals surface area contributed by atoms with Gasteiger partial charge in [0, 0.05) is 69.2 Å². The SMILES string of the molecule is Cc1cccc(C)c1C(=O)NCCC(C)N1CCC(N(Cc2cccc(C#N)c2)c2ccc(C(=O)N(C)C)cc2)CC1. The Morgan fingerprint density at radius 1 is 1.00 bits per heavy atom.